The Kier molecular flexibility index (Phi) is 4.36. The predicted molar refractivity (Wildman–Crippen MR) is 79.8 cm³/mol. The highest BCUT2D eigenvalue weighted by atomic mass is 16.5. The first kappa shape index (κ1) is 14.3. The molecule has 6 heteroatoms. The van der Waals surface area contributed by atoms with Crippen molar-refractivity contribution in [3.8, 4) is 0 Å². The van der Waals surface area contributed by atoms with Gasteiger partial charge in [-0.2, -0.15) is 5.10 Å². The number of rotatable bonds is 6. The second-order valence-electron chi connectivity index (χ2n) is 5.46. The maximum atomic E-state index is 5.45. The second-order valence-corrected chi connectivity index (χ2v) is 5.46. The molecule has 114 valence electrons. The smallest absolute Gasteiger partial charge is 0.126 e. The molecular formula is C15H23N5O. The maximum Gasteiger partial charge on any atom is 0.126 e. The monoisotopic (exact) mass is 289 g/mol. The van der Waals surface area contributed by atoms with Crippen molar-refractivity contribution >= 4 is 0 Å². The molecule has 0 saturated heterocycles. The molecule has 0 aromatic carbocycles. The molecule has 2 aromatic heterocycles. The minimum atomic E-state index is 0.328. The van der Waals surface area contributed by atoms with Crippen molar-refractivity contribution in [3.63, 3.8) is 0 Å². The molecule has 0 unspecified atom stereocenters. The number of imidazole rings is 1. The van der Waals surface area contributed by atoms with Crippen LogP contribution in [-0.2, 0) is 24.2 Å². The van der Waals surface area contributed by atoms with E-state index in [1.807, 2.05) is 25.5 Å². The van der Waals surface area contributed by atoms with Gasteiger partial charge in [0.05, 0.1) is 18.8 Å². The van der Waals surface area contributed by atoms with Gasteiger partial charge >= 0.3 is 0 Å². The number of H-pyrrole nitrogens is 1. The molecule has 0 aliphatic carbocycles. The van der Waals surface area contributed by atoms with Gasteiger partial charge in [-0.1, -0.05) is 0 Å². The number of nitrogens with zero attached hydrogens (tertiary/aromatic N) is 4. The Balaban J connectivity index is 1.69. The van der Waals surface area contributed by atoms with Crippen LogP contribution in [0.1, 0.15) is 37.0 Å². The molecule has 1 atom stereocenters. The second kappa shape index (κ2) is 6.41. The molecular weight excluding hydrogens is 266 g/mol. The van der Waals surface area contributed by atoms with Crippen LogP contribution >= 0.6 is 0 Å². The number of hydrogen-bond donors (Lipinski definition) is 1. The third-order valence-electron chi connectivity index (χ3n) is 4.15. The summed E-state index contributed by atoms with van der Waals surface area (Å²) in [5, 5.41) is 6.89. The zero-order valence-corrected chi connectivity index (χ0v) is 12.7. The van der Waals surface area contributed by atoms with Crippen LogP contribution in [0.15, 0.2) is 18.6 Å². The van der Waals surface area contributed by atoms with Gasteiger partial charge in [-0.15, -0.1) is 0 Å². The molecule has 0 saturated carbocycles. The molecule has 1 N–H and O–H groups in total. The largest absolute Gasteiger partial charge is 0.381 e. The van der Waals surface area contributed by atoms with Crippen molar-refractivity contribution in [2.75, 3.05) is 19.8 Å². The first-order valence-electron chi connectivity index (χ1n) is 7.63. The molecule has 3 rings (SSSR count). The van der Waals surface area contributed by atoms with Gasteiger partial charge < -0.3 is 9.30 Å². The van der Waals surface area contributed by atoms with Crippen LogP contribution in [0.3, 0.4) is 0 Å². The molecule has 2 aromatic rings. The van der Waals surface area contributed by atoms with Crippen LogP contribution in [0.2, 0.25) is 0 Å². The molecule has 21 heavy (non-hydrogen) atoms. The zero-order valence-electron chi connectivity index (χ0n) is 12.7. The highest BCUT2D eigenvalue weighted by molar-refractivity contribution is 5.12. The lowest BCUT2D eigenvalue weighted by Crippen LogP contribution is -2.37. The molecule has 1 aliphatic rings. The summed E-state index contributed by atoms with van der Waals surface area (Å²) in [6.45, 7) is 8.76. The van der Waals surface area contributed by atoms with Gasteiger partial charge in [0.1, 0.15) is 5.82 Å². The number of hydrogen-bond acceptors (Lipinski definition) is 4. The molecule has 3 heterocycles. The summed E-state index contributed by atoms with van der Waals surface area (Å²) in [6.07, 6.45) is 6.80. The summed E-state index contributed by atoms with van der Waals surface area (Å²) < 4.78 is 7.81. The van der Waals surface area contributed by atoms with E-state index in [-0.39, 0.29) is 0 Å². The van der Waals surface area contributed by atoms with Crippen LogP contribution < -0.4 is 0 Å². The summed E-state index contributed by atoms with van der Waals surface area (Å²) in [5.41, 5.74) is 2.51. The topological polar surface area (TPSA) is 59.0 Å². The van der Waals surface area contributed by atoms with Crippen molar-refractivity contribution in [3.05, 3.63) is 35.7 Å². The van der Waals surface area contributed by atoms with Crippen molar-refractivity contribution in [2.45, 2.75) is 39.4 Å². The maximum absolute atomic E-state index is 5.45. The fourth-order valence-electron chi connectivity index (χ4n) is 2.94. The van der Waals surface area contributed by atoms with Crippen molar-refractivity contribution in [1.29, 1.82) is 0 Å². The average Bonchev–Trinajstić information content (AvgIpc) is 3.12. The van der Waals surface area contributed by atoms with Crippen molar-refractivity contribution in [2.24, 2.45) is 0 Å². The molecule has 1 aliphatic heterocycles. The average molecular weight is 289 g/mol. The lowest BCUT2D eigenvalue weighted by atomic mass is 10.2. The van der Waals surface area contributed by atoms with E-state index in [0.29, 0.717) is 6.04 Å². The predicted octanol–water partition coefficient (Wildman–Crippen LogP) is 1.76. The van der Waals surface area contributed by atoms with E-state index in [9.17, 15) is 0 Å². The van der Waals surface area contributed by atoms with Gasteiger partial charge in [0.25, 0.3) is 0 Å². The lowest BCUT2D eigenvalue weighted by Gasteiger charge is -2.34. The van der Waals surface area contributed by atoms with E-state index in [0.717, 1.165) is 45.1 Å². The van der Waals surface area contributed by atoms with Crippen molar-refractivity contribution in [1.82, 2.24) is 24.6 Å². The molecule has 0 radical (unpaired) electrons. The molecule has 0 amide bonds. The Labute approximate surface area is 125 Å². The lowest BCUT2D eigenvalue weighted by molar-refractivity contribution is 0.142. The molecule has 6 nitrogen and oxygen atoms in total. The Morgan fingerprint density at radius 1 is 1.38 bits per heavy atom. The minimum Gasteiger partial charge on any atom is -0.381 e. The summed E-state index contributed by atoms with van der Waals surface area (Å²) in [7, 11) is 0. The van der Waals surface area contributed by atoms with E-state index < -0.39 is 0 Å². The van der Waals surface area contributed by atoms with E-state index in [4.69, 9.17) is 4.74 Å². The van der Waals surface area contributed by atoms with Crippen molar-refractivity contribution < 1.29 is 4.74 Å². The summed E-state index contributed by atoms with van der Waals surface area (Å²) in [5.74, 6) is 1.16. The van der Waals surface area contributed by atoms with Crippen LogP contribution in [-0.4, -0.2) is 44.4 Å². The number of fused-ring (bicyclic) bond motifs is 1. The van der Waals surface area contributed by atoms with Gasteiger partial charge in [-0.3, -0.25) is 10.00 Å². The number of ether oxygens (including phenoxy) is 1. The van der Waals surface area contributed by atoms with E-state index >= 15 is 0 Å². The Hall–Kier alpha value is -1.66. The van der Waals surface area contributed by atoms with Gasteiger partial charge in [0.15, 0.2) is 0 Å². The third kappa shape index (κ3) is 3.01. The Morgan fingerprint density at radius 3 is 3.05 bits per heavy atom. The Bertz CT molecular complexity index is 563. The molecule has 0 bridgehead atoms. The number of aromatic amines is 1. The third-order valence-corrected chi connectivity index (χ3v) is 4.15. The minimum absolute atomic E-state index is 0.328. The number of nitrogens with one attached hydrogen (secondary N) is 1. The van der Waals surface area contributed by atoms with Gasteiger partial charge in [-0.25, -0.2) is 4.98 Å². The Morgan fingerprint density at radius 2 is 2.29 bits per heavy atom. The fraction of sp³-hybridized carbons (Fsp3) is 0.600. The zero-order chi connectivity index (χ0) is 14.7. The van der Waals surface area contributed by atoms with E-state index in [1.165, 1.54) is 11.3 Å². The summed E-state index contributed by atoms with van der Waals surface area (Å²) in [4.78, 5) is 7.08. The highest BCUT2D eigenvalue weighted by Gasteiger charge is 2.26. The summed E-state index contributed by atoms with van der Waals surface area (Å²) in [6, 6.07) is 0.328. The van der Waals surface area contributed by atoms with Crippen LogP contribution in [0.25, 0.3) is 0 Å². The number of aromatic nitrogens is 4. The highest BCUT2D eigenvalue weighted by Crippen LogP contribution is 2.26. The van der Waals surface area contributed by atoms with E-state index in [2.05, 4.69) is 31.6 Å². The van der Waals surface area contributed by atoms with Crippen LogP contribution in [0.5, 0.6) is 0 Å². The molecule has 0 spiro atoms. The van der Waals surface area contributed by atoms with Crippen LogP contribution in [0.4, 0.5) is 0 Å². The molecule has 0 fully saturated rings. The normalized spacial score (nSPS) is 18.9. The quantitative estimate of drug-likeness (QED) is 0.823. The van der Waals surface area contributed by atoms with Gasteiger partial charge in [0, 0.05) is 56.3 Å². The van der Waals surface area contributed by atoms with Crippen LogP contribution in [0, 0.1) is 0 Å². The first-order valence-corrected chi connectivity index (χ1v) is 7.63. The first-order chi connectivity index (χ1) is 10.3. The fourth-order valence-corrected chi connectivity index (χ4v) is 2.94. The van der Waals surface area contributed by atoms with Gasteiger partial charge in [0.2, 0.25) is 0 Å². The standard InChI is InChI=1S/C15H23N5O/c1-3-21-7-4-14-10-16-15-12(2)19(5-6-20(14)15)11-13-8-17-18-9-13/h8-10,12H,3-7,11H2,1-2H3,(H,17,18)/t12-/m1/s1. The van der Waals surface area contributed by atoms with Gasteiger partial charge in [-0.05, 0) is 13.8 Å². The SMILES string of the molecule is CCOCCc1cnc2n1CCN(Cc1cn[nH]c1)[C@@H]2C. The summed E-state index contributed by atoms with van der Waals surface area (Å²) >= 11 is 0. The van der Waals surface area contributed by atoms with E-state index in [1.54, 1.807) is 0 Å².